The van der Waals surface area contributed by atoms with E-state index in [9.17, 15) is 14.3 Å². The molecule has 2 rings (SSSR count). The van der Waals surface area contributed by atoms with Crippen LogP contribution in [0.2, 0.25) is 0 Å². The summed E-state index contributed by atoms with van der Waals surface area (Å²) in [6.07, 6.45) is 7.42. The van der Waals surface area contributed by atoms with Crippen molar-refractivity contribution in [1.29, 1.82) is 0 Å². The molecule has 0 fully saturated rings. The number of benzene rings is 1. The topological polar surface area (TPSA) is 37.3 Å². The molecule has 0 radical (unpaired) electrons. The van der Waals surface area contributed by atoms with E-state index in [4.69, 9.17) is 0 Å². The summed E-state index contributed by atoms with van der Waals surface area (Å²) in [6, 6.07) is 6.20. The second-order valence-corrected chi connectivity index (χ2v) is 4.80. The van der Waals surface area contributed by atoms with Gasteiger partial charge in [0.2, 0.25) is 0 Å². The molecule has 1 aliphatic rings. The number of aliphatic carboxylic acids is 1. The Labute approximate surface area is 106 Å². The van der Waals surface area contributed by atoms with Crippen molar-refractivity contribution >= 4 is 5.97 Å². The molecule has 0 bridgehead atoms. The fourth-order valence-electron chi connectivity index (χ4n) is 2.51. The number of allylic oxidation sites excluding steroid dienone is 2. The Hall–Kier alpha value is -1.64. The van der Waals surface area contributed by atoms with Crippen LogP contribution >= 0.6 is 0 Å². The lowest BCUT2D eigenvalue weighted by molar-refractivity contribution is -0.143. The maximum atomic E-state index is 13.1. The van der Waals surface area contributed by atoms with Crippen LogP contribution in [0.5, 0.6) is 0 Å². The summed E-state index contributed by atoms with van der Waals surface area (Å²) >= 11 is 0. The van der Waals surface area contributed by atoms with E-state index in [2.05, 4.69) is 6.08 Å². The van der Waals surface area contributed by atoms with E-state index < -0.39 is 11.9 Å². The van der Waals surface area contributed by atoms with Gasteiger partial charge in [-0.25, -0.2) is 4.39 Å². The SMILES string of the molecule is O=C(O)C(Cc1cccc(F)c1)C1C=CCCC1. The zero-order valence-corrected chi connectivity index (χ0v) is 10.2. The second-order valence-electron chi connectivity index (χ2n) is 4.80. The van der Waals surface area contributed by atoms with Crippen molar-refractivity contribution in [2.75, 3.05) is 0 Å². The van der Waals surface area contributed by atoms with Crippen molar-refractivity contribution in [3.8, 4) is 0 Å². The van der Waals surface area contributed by atoms with Gasteiger partial charge in [-0.2, -0.15) is 0 Å². The predicted molar refractivity (Wildman–Crippen MR) is 67.7 cm³/mol. The number of halogens is 1. The number of hydrogen-bond donors (Lipinski definition) is 1. The van der Waals surface area contributed by atoms with Gasteiger partial charge in [0.05, 0.1) is 5.92 Å². The Morgan fingerprint density at radius 1 is 1.50 bits per heavy atom. The fourth-order valence-corrected chi connectivity index (χ4v) is 2.51. The average molecular weight is 248 g/mol. The summed E-state index contributed by atoms with van der Waals surface area (Å²) in [7, 11) is 0. The van der Waals surface area contributed by atoms with Crippen LogP contribution < -0.4 is 0 Å². The van der Waals surface area contributed by atoms with Gasteiger partial charge in [-0.1, -0.05) is 24.3 Å². The standard InChI is InChI=1S/C15H17FO2/c16-13-8-4-5-11(9-13)10-14(15(17)18)12-6-2-1-3-7-12/h2,4-6,8-9,12,14H,1,3,7,10H2,(H,17,18). The molecule has 0 aromatic heterocycles. The molecule has 1 aromatic carbocycles. The van der Waals surface area contributed by atoms with Crippen LogP contribution in [-0.4, -0.2) is 11.1 Å². The Kier molecular flexibility index (Phi) is 4.13. The highest BCUT2D eigenvalue weighted by molar-refractivity contribution is 5.71. The normalized spacial score (nSPS) is 20.6. The summed E-state index contributed by atoms with van der Waals surface area (Å²) in [5.41, 5.74) is 0.751. The van der Waals surface area contributed by atoms with E-state index in [1.54, 1.807) is 12.1 Å². The van der Waals surface area contributed by atoms with Crippen molar-refractivity contribution < 1.29 is 14.3 Å². The molecule has 2 nitrogen and oxygen atoms in total. The van der Waals surface area contributed by atoms with Gasteiger partial charge in [-0.15, -0.1) is 0 Å². The van der Waals surface area contributed by atoms with Crippen molar-refractivity contribution in [2.45, 2.75) is 25.7 Å². The van der Waals surface area contributed by atoms with Crippen LogP contribution in [-0.2, 0) is 11.2 Å². The minimum Gasteiger partial charge on any atom is -0.481 e. The molecule has 0 amide bonds. The van der Waals surface area contributed by atoms with Crippen LogP contribution in [0.4, 0.5) is 4.39 Å². The molecular formula is C15H17FO2. The maximum absolute atomic E-state index is 13.1. The first-order valence-corrected chi connectivity index (χ1v) is 6.31. The average Bonchev–Trinajstić information content (AvgIpc) is 2.37. The Bertz CT molecular complexity index is 454. The smallest absolute Gasteiger partial charge is 0.307 e. The van der Waals surface area contributed by atoms with Crippen LogP contribution in [0.25, 0.3) is 0 Å². The predicted octanol–water partition coefficient (Wildman–Crippen LogP) is 3.43. The molecule has 1 N–H and O–H groups in total. The fraction of sp³-hybridized carbons (Fsp3) is 0.400. The van der Waals surface area contributed by atoms with Crippen molar-refractivity contribution in [3.63, 3.8) is 0 Å². The molecule has 2 unspecified atom stereocenters. The Morgan fingerprint density at radius 2 is 2.33 bits per heavy atom. The van der Waals surface area contributed by atoms with E-state index in [0.717, 1.165) is 24.8 Å². The van der Waals surface area contributed by atoms with Crippen LogP contribution in [0.3, 0.4) is 0 Å². The first-order chi connectivity index (χ1) is 8.66. The van der Waals surface area contributed by atoms with Gasteiger partial charge in [0, 0.05) is 0 Å². The minimum absolute atomic E-state index is 0.0690. The third kappa shape index (κ3) is 3.19. The second kappa shape index (κ2) is 5.80. The first-order valence-electron chi connectivity index (χ1n) is 6.31. The van der Waals surface area contributed by atoms with Crippen LogP contribution in [0.15, 0.2) is 36.4 Å². The van der Waals surface area contributed by atoms with E-state index >= 15 is 0 Å². The number of rotatable bonds is 4. The molecule has 96 valence electrons. The molecule has 1 aliphatic carbocycles. The van der Waals surface area contributed by atoms with Gasteiger partial charge in [0.15, 0.2) is 0 Å². The number of hydrogen-bond acceptors (Lipinski definition) is 1. The summed E-state index contributed by atoms with van der Waals surface area (Å²) < 4.78 is 13.1. The first kappa shape index (κ1) is 12.8. The summed E-state index contributed by atoms with van der Waals surface area (Å²) in [6.45, 7) is 0. The Morgan fingerprint density at radius 3 is 2.94 bits per heavy atom. The molecule has 0 aliphatic heterocycles. The number of carbonyl (C=O) groups is 1. The molecule has 18 heavy (non-hydrogen) atoms. The van der Waals surface area contributed by atoms with Gasteiger partial charge in [-0.05, 0) is 49.3 Å². The molecule has 0 spiro atoms. The minimum atomic E-state index is -0.796. The van der Waals surface area contributed by atoms with E-state index in [1.165, 1.54) is 12.1 Å². The Balaban J connectivity index is 2.13. The van der Waals surface area contributed by atoms with Crippen molar-refractivity contribution in [1.82, 2.24) is 0 Å². The lowest BCUT2D eigenvalue weighted by atomic mass is 9.81. The van der Waals surface area contributed by atoms with Crippen LogP contribution in [0.1, 0.15) is 24.8 Å². The monoisotopic (exact) mass is 248 g/mol. The van der Waals surface area contributed by atoms with Crippen LogP contribution in [0, 0.1) is 17.7 Å². The summed E-state index contributed by atoms with van der Waals surface area (Å²) in [4.78, 5) is 11.4. The number of carboxylic acid groups (broad SMARTS) is 1. The molecule has 2 atom stereocenters. The van der Waals surface area contributed by atoms with E-state index in [0.29, 0.717) is 6.42 Å². The van der Waals surface area contributed by atoms with E-state index in [1.807, 2.05) is 6.08 Å². The summed E-state index contributed by atoms with van der Waals surface area (Å²) in [5.74, 6) is -1.49. The third-order valence-electron chi connectivity index (χ3n) is 3.47. The maximum Gasteiger partial charge on any atom is 0.307 e. The molecule has 0 heterocycles. The lowest BCUT2D eigenvalue weighted by Gasteiger charge is -2.23. The molecule has 0 saturated heterocycles. The van der Waals surface area contributed by atoms with Gasteiger partial charge in [0.1, 0.15) is 5.82 Å². The van der Waals surface area contributed by atoms with Gasteiger partial charge < -0.3 is 5.11 Å². The zero-order chi connectivity index (χ0) is 13.0. The zero-order valence-electron chi connectivity index (χ0n) is 10.2. The van der Waals surface area contributed by atoms with E-state index in [-0.39, 0.29) is 11.7 Å². The molecule has 0 saturated carbocycles. The number of carboxylic acids is 1. The summed E-state index contributed by atoms with van der Waals surface area (Å²) in [5, 5.41) is 9.33. The van der Waals surface area contributed by atoms with Gasteiger partial charge in [-0.3, -0.25) is 4.79 Å². The largest absolute Gasteiger partial charge is 0.481 e. The van der Waals surface area contributed by atoms with Gasteiger partial charge >= 0.3 is 5.97 Å². The van der Waals surface area contributed by atoms with Crippen molar-refractivity contribution in [3.05, 3.63) is 47.8 Å². The highest BCUT2D eigenvalue weighted by Crippen LogP contribution is 2.28. The van der Waals surface area contributed by atoms with Gasteiger partial charge in [0.25, 0.3) is 0 Å². The van der Waals surface area contributed by atoms with Crippen molar-refractivity contribution in [2.24, 2.45) is 11.8 Å². The molecule has 1 aromatic rings. The quantitative estimate of drug-likeness (QED) is 0.829. The molecule has 3 heteroatoms. The highest BCUT2D eigenvalue weighted by atomic mass is 19.1. The molecular weight excluding hydrogens is 231 g/mol. The lowest BCUT2D eigenvalue weighted by Crippen LogP contribution is -2.25. The third-order valence-corrected chi connectivity index (χ3v) is 3.47. The highest BCUT2D eigenvalue weighted by Gasteiger charge is 2.27.